The van der Waals surface area contributed by atoms with Crippen LogP contribution in [0.25, 0.3) is 0 Å². The Hall–Kier alpha value is -1.88. The third-order valence-corrected chi connectivity index (χ3v) is 3.00. The molecular weight excluding hydrogens is 252 g/mol. The summed E-state index contributed by atoms with van der Waals surface area (Å²) in [7, 11) is 1.82. The minimum absolute atomic E-state index is 0.245. The highest BCUT2D eigenvalue weighted by Crippen LogP contribution is 2.19. The van der Waals surface area contributed by atoms with Gasteiger partial charge in [-0.2, -0.15) is 0 Å². The summed E-state index contributed by atoms with van der Waals surface area (Å²) < 4.78 is 1.74. The number of aromatic nitrogens is 3. The van der Waals surface area contributed by atoms with Crippen molar-refractivity contribution in [2.75, 3.05) is 0 Å². The highest BCUT2D eigenvalue weighted by Gasteiger charge is 2.17. The predicted molar refractivity (Wildman–Crippen MR) is 67.9 cm³/mol. The van der Waals surface area contributed by atoms with Gasteiger partial charge in [0.1, 0.15) is 11.7 Å². The van der Waals surface area contributed by atoms with Crippen molar-refractivity contribution >= 4 is 17.5 Å². The van der Waals surface area contributed by atoms with Gasteiger partial charge in [-0.05, 0) is 5.56 Å². The molecule has 0 aliphatic rings. The van der Waals surface area contributed by atoms with Crippen molar-refractivity contribution in [1.29, 1.82) is 0 Å². The van der Waals surface area contributed by atoms with Crippen LogP contribution in [-0.4, -0.2) is 20.7 Å². The lowest BCUT2D eigenvalue weighted by atomic mass is 10.1. The van der Waals surface area contributed by atoms with E-state index in [4.69, 9.17) is 11.6 Å². The van der Waals surface area contributed by atoms with E-state index in [1.807, 2.05) is 37.4 Å². The Kier molecular flexibility index (Phi) is 3.94. The van der Waals surface area contributed by atoms with Crippen LogP contribution in [-0.2, 0) is 18.4 Å². The Balaban J connectivity index is 1.95. The first-order chi connectivity index (χ1) is 8.68. The SMILES string of the molecule is Cn1cnnc1CNC(=O)C(Cl)c1ccccc1. The summed E-state index contributed by atoms with van der Waals surface area (Å²) in [6, 6.07) is 9.21. The Morgan fingerprint density at radius 1 is 1.44 bits per heavy atom. The van der Waals surface area contributed by atoms with Crippen molar-refractivity contribution in [2.45, 2.75) is 11.9 Å². The first-order valence-electron chi connectivity index (χ1n) is 5.48. The summed E-state index contributed by atoms with van der Waals surface area (Å²) in [4.78, 5) is 11.8. The van der Waals surface area contributed by atoms with Crippen molar-refractivity contribution in [3.8, 4) is 0 Å². The lowest BCUT2D eigenvalue weighted by Crippen LogP contribution is -2.27. The van der Waals surface area contributed by atoms with Gasteiger partial charge in [0, 0.05) is 7.05 Å². The fraction of sp³-hybridized carbons (Fsp3) is 0.250. The average molecular weight is 265 g/mol. The summed E-state index contributed by atoms with van der Waals surface area (Å²) >= 11 is 6.08. The minimum Gasteiger partial charge on any atom is -0.347 e. The van der Waals surface area contributed by atoms with E-state index in [0.29, 0.717) is 12.4 Å². The molecule has 94 valence electrons. The Labute approximate surface area is 110 Å². The number of aryl methyl sites for hydroxylation is 1. The average Bonchev–Trinajstić information content (AvgIpc) is 2.81. The maximum atomic E-state index is 11.8. The molecule has 0 aliphatic carbocycles. The highest BCUT2D eigenvalue weighted by atomic mass is 35.5. The molecule has 0 bridgehead atoms. The van der Waals surface area contributed by atoms with Crippen molar-refractivity contribution in [1.82, 2.24) is 20.1 Å². The molecule has 6 heteroatoms. The zero-order valence-electron chi connectivity index (χ0n) is 9.88. The number of halogens is 1. The largest absolute Gasteiger partial charge is 0.347 e. The molecular formula is C12H13ClN4O. The molecule has 1 unspecified atom stereocenters. The molecule has 0 fully saturated rings. The smallest absolute Gasteiger partial charge is 0.242 e. The van der Waals surface area contributed by atoms with E-state index in [1.165, 1.54) is 0 Å². The van der Waals surface area contributed by atoms with Crippen LogP contribution in [0.4, 0.5) is 0 Å². The first kappa shape index (κ1) is 12.6. The molecule has 1 amide bonds. The molecule has 0 saturated heterocycles. The summed E-state index contributed by atoms with van der Waals surface area (Å²) in [5, 5.41) is 9.64. The Morgan fingerprint density at radius 3 is 2.78 bits per heavy atom. The summed E-state index contributed by atoms with van der Waals surface area (Å²) in [6.45, 7) is 0.311. The van der Waals surface area contributed by atoms with Gasteiger partial charge in [0.15, 0.2) is 5.82 Å². The molecule has 1 aromatic heterocycles. The van der Waals surface area contributed by atoms with Crippen LogP contribution in [0.1, 0.15) is 16.8 Å². The number of hydrogen-bond acceptors (Lipinski definition) is 3. The first-order valence-corrected chi connectivity index (χ1v) is 5.91. The van der Waals surface area contributed by atoms with Gasteiger partial charge in [-0.1, -0.05) is 30.3 Å². The van der Waals surface area contributed by atoms with Crippen LogP contribution >= 0.6 is 11.6 Å². The number of hydrogen-bond donors (Lipinski definition) is 1. The van der Waals surface area contributed by atoms with Gasteiger partial charge in [-0.25, -0.2) is 0 Å². The fourth-order valence-electron chi connectivity index (χ4n) is 1.50. The van der Waals surface area contributed by atoms with Gasteiger partial charge in [0.25, 0.3) is 0 Å². The number of benzene rings is 1. The van der Waals surface area contributed by atoms with Crippen LogP contribution in [0.5, 0.6) is 0 Å². The van der Waals surface area contributed by atoms with E-state index in [2.05, 4.69) is 15.5 Å². The third-order valence-electron chi connectivity index (χ3n) is 2.55. The van der Waals surface area contributed by atoms with E-state index in [0.717, 1.165) is 5.56 Å². The molecule has 0 radical (unpaired) electrons. The maximum Gasteiger partial charge on any atom is 0.242 e. The van der Waals surface area contributed by atoms with Crippen LogP contribution < -0.4 is 5.32 Å². The number of nitrogens with one attached hydrogen (secondary N) is 1. The minimum atomic E-state index is -0.695. The van der Waals surface area contributed by atoms with Crippen molar-refractivity contribution in [3.63, 3.8) is 0 Å². The van der Waals surface area contributed by atoms with Gasteiger partial charge < -0.3 is 9.88 Å². The molecule has 1 aromatic carbocycles. The molecule has 0 spiro atoms. The summed E-state index contributed by atoms with van der Waals surface area (Å²) in [5.41, 5.74) is 0.773. The van der Waals surface area contributed by atoms with E-state index in [-0.39, 0.29) is 5.91 Å². The second kappa shape index (κ2) is 5.64. The standard InChI is InChI=1S/C12H13ClN4O/c1-17-8-15-16-10(17)7-14-12(18)11(13)9-5-3-2-4-6-9/h2-6,8,11H,7H2,1H3,(H,14,18). The molecule has 1 atom stereocenters. The molecule has 2 aromatic rings. The zero-order chi connectivity index (χ0) is 13.0. The number of carbonyl (C=O) groups excluding carboxylic acids is 1. The zero-order valence-corrected chi connectivity index (χ0v) is 10.6. The van der Waals surface area contributed by atoms with E-state index >= 15 is 0 Å². The number of rotatable bonds is 4. The van der Waals surface area contributed by atoms with Crippen LogP contribution in [0.3, 0.4) is 0 Å². The van der Waals surface area contributed by atoms with E-state index in [9.17, 15) is 4.79 Å². The number of amides is 1. The molecule has 0 saturated carbocycles. The van der Waals surface area contributed by atoms with E-state index in [1.54, 1.807) is 10.9 Å². The third kappa shape index (κ3) is 2.87. The second-order valence-corrected chi connectivity index (χ2v) is 4.29. The molecule has 5 nitrogen and oxygen atoms in total. The Bertz CT molecular complexity index is 526. The lowest BCUT2D eigenvalue weighted by molar-refractivity contribution is -0.121. The number of carbonyl (C=O) groups is 1. The lowest BCUT2D eigenvalue weighted by Gasteiger charge is -2.10. The van der Waals surface area contributed by atoms with Crippen molar-refractivity contribution in [2.24, 2.45) is 7.05 Å². The molecule has 1 heterocycles. The molecule has 18 heavy (non-hydrogen) atoms. The quantitative estimate of drug-likeness (QED) is 0.850. The van der Waals surface area contributed by atoms with Crippen LogP contribution in [0, 0.1) is 0 Å². The molecule has 2 rings (SSSR count). The summed E-state index contributed by atoms with van der Waals surface area (Å²) in [6.07, 6.45) is 1.58. The fourth-order valence-corrected chi connectivity index (χ4v) is 1.72. The van der Waals surface area contributed by atoms with Gasteiger partial charge in [0.05, 0.1) is 6.54 Å². The van der Waals surface area contributed by atoms with Gasteiger partial charge >= 0.3 is 0 Å². The van der Waals surface area contributed by atoms with Crippen molar-refractivity contribution in [3.05, 3.63) is 48.0 Å². The van der Waals surface area contributed by atoms with Crippen molar-refractivity contribution < 1.29 is 4.79 Å². The van der Waals surface area contributed by atoms with Gasteiger partial charge in [0.2, 0.25) is 5.91 Å². The number of alkyl halides is 1. The highest BCUT2D eigenvalue weighted by molar-refractivity contribution is 6.30. The van der Waals surface area contributed by atoms with Crippen LogP contribution in [0.15, 0.2) is 36.7 Å². The van der Waals surface area contributed by atoms with Gasteiger partial charge in [-0.3, -0.25) is 4.79 Å². The second-order valence-electron chi connectivity index (χ2n) is 3.85. The normalized spacial score (nSPS) is 12.1. The van der Waals surface area contributed by atoms with Gasteiger partial charge in [-0.15, -0.1) is 21.8 Å². The molecule has 1 N–H and O–H groups in total. The maximum absolute atomic E-state index is 11.8. The van der Waals surface area contributed by atoms with E-state index < -0.39 is 5.38 Å². The summed E-state index contributed by atoms with van der Waals surface area (Å²) in [5.74, 6) is 0.436. The van der Waals surface area contributed by atoms with Crippen LogP contribution in [0.2, 0.25) is 0 Å². The topological polar surface area (TPSA) is 59.8 Å². The monoisotopic (exact) mass is 264 g/mol. The predicted octanol–water partition coefficient (Wildman–Crippen LogP) is 1.41. The Morgan fingerprint density at radius 2 is 2.17 bits per heavy atom. The molecule has 0 aliphatic heterocycles. The number of nitrogens with zero attached hydrogens (tertiary/aromatic N) is 3.